The van der Waals surface area contributed by atoms with E-state index in [2.05, 4.69) is 79.6 Å². The van der Waals surface area contributed by atoms with Gasteiger partial charge in [-0.15, -0.1) is 0 Å². The number of pyridine rings is 1. The van der Waals surface area contributed by atoms with Crippen molar-refractivity contribution in [2.45, 2.75) is 38.4 Å². The van der Waals surface area contributed by atoms with Gasteiger partial charge in [0.25, 0.3) is 14.2 Å². The first kappa shape index (κ1) is 22.5. The van der Waals surface area contributed by atoms with Crippen LogP contribution in [0.5, 0.6) is 0 Å². The number of hydrogen-bond acceptors (Lipinski definition) is 3. The van der Waals surface area contributed by atoms with E-state index in [0.717, 1.165) is 0 Å². The largest absolute Gasteiger partial charge is 0.405 e. The Kier molecular flexibility index (Phi) is 5.62. The Morgan fingerprint density at radius 2 is 1.68 bits per heavy atom. The van der Waals surface area contributed by atoms with Gasteiger partial charge in [-0.1, -0.05) is 81.4 Å². The predicted octanol–water partition coefficient (Wildman–Crippen LogP) is 3.86. The Balaban J connectivity index is 1.52. The van der Waals surface area contributed by atoms with Crippen LogP contribution >= 0.6 is 0 Å². The summed E-state index contributed by atoms with van der Waals surface area (Å²) in [5.41, 5.74) is 1.73. The molecule has 2 aromatic heterocycles. The highest BCUT2D eigenvalue weighted by atomic mass is 28.4. The van der Waals surface area contributed by atoms with E-state index in [4.69, 9.17) is 4.43 Å². The molecule has 1 aliphatic rings. The molecule has 1 atom stereocenters. The van der Waals surface area contributed by atoms with Crippen molar-refractivity contribution in [3.8, 4) is 0 Å². The molecule has 0 fully saturated rings. The van der Waals surface area contributed by atoms with E-state index in [0.29, 0.717) is 29.9 Å². The molecule has 2 aromatic carbocycles. The molecule has 1 aliphatic heterocycles. The van der Waals surface area contributed by atoms with E-state index in [1.807, 2.05) is 16.7 Å². The second-order valence-corrected chi connectivity index (χ2v) is 14.1. The minimum Gasteiger partial charge on any atom is -0.405 e. The molecule has 4 aromatic rings. The van der Waals surface area contributed by atoms with Crippen LogP contribution < -0.4 is 15.7 Å². The first-order valence-corrected chi connectivity index (χ1v) is 13.4. The topological polar surface area (TPSA) is 56.2 Å². The van der Waals surface area contributed by atoms with E-state index >= 15 is 0 Å². The minimum atomic E-state index is -2.73. The second kappa shape index (κ2) is 8.49. The number of rotatable bonds is 5. The molecule has 0 aliphatic carbocycles. The Bertz CT molecular complexity index is 1290. The average Bonchev–Trinajstić information content (AvgIpc) is 3.18. The Hall–Kier alpha value is -3.29. The van der Waals surface area contributed by atoms with Crippen LogP contribution in [0.15, 0.2) is 79.0 Å². The number of amides is 1. The Morgan fingerprint density at radius 3 is 2.26 bits per heavy atom. The van der Waals surface area contributed by atoms with Crippen molar-refractivity contribution in [2.75, 3.05) is 6.61 Å². The molecule has 0 radical (unpaired) electrons. The van der Waals surface area contributed by atoms with Crippen molar-refractivity contribution < 1.29 is 13.6 Å². The van der Waals surface area contributed by atoms with Crippen molar-refractivity contribution in [3.05, 3.63) is 90.5 Å². The van der Waals surface area contributed by atoms with Gasteiger partial charge in [-0.25, -0.2) is 4.39 Å². The monoisotopic (exact) mass is 473 g/mol. The molecule has 0 saturated heterocycles. The van der Waals surface area contributed by atoms with Crippen LogP contribution in [0.3, 0.4) is 0 Å². The third kappa shape index (κ3) is 3.75. The SMILES string of the molecule is CC(C)(C)[Si](OC[C@@H]1Cn2c(cc3ncc(F)cc32)C(=O)N1)(c1ccccc1)c1ccccc1. The van der Waals surface area contributed by atoms with Gasteiger partial charge in [0.05, 0.1) is 29.9 Å². The van der Waals surface area contributed by atoms with E-state index in [1.54, 1.807) is 6.07 Å². The summed E-state index contributed by atoms with van der Waals surface area (Å²) in [5, 5.41) is 5.31. The van der Waals surface area contributed by atoms with Gasteiger partial charge in [0.2, 0.25) is 0 Å². The van der Waals surface area contributed by atoms with Crippen molar-refractivity contribution in [1.82, 2.24) is 14.9 Å². The zero-order chi connectivity index (χ0) is 23.9. The number of hydrogen-bond donors (Lipinski definition) is 1. The quantitative estimate of drug-likeness (QED) is 0.448. The molecule has 3 heterocycles. The maximum Gasteiger partial charge on any atom is 0.268 e. The van der Waals surface area contributed by atoms with E-state index in [1.165, 1.54) is 22.6 Å². The highest BCUT2D eigenvalue weighted by molar-refractivity contribution is 6.99. The van der Waals surface area contributed by atoms with Gasteiger partial charge in [0.1, 0.15) is 11.5 Å². The highest BCUT2D eigenvalue weighted by Crippen LogP contribution is 2.37. The first-order chi connectivity index (χ1) is 16.3. The molecule has 0 saturated carbocycles. The van der Waals surface area contributed by atoms with Crippen molar-refractivity contribution in [1.29, 1.82) is 0 Å². The Morgan fingerprint density at radius 1 is 1.06 bits per heavy atom. The fourth-order valence-electron chi connectivity index (χ4n) is 5.10. The Labute approximate surface area is 199 Å². The second-order valence-electron chi connectivity index (χ2n) is 9.84. The van der Waals surface area contributed by atoms with Crippen LogP contribution in [0.2, 0.25) is 5.04 Å². The third-order valence-corrected chi connectivity index (χ3v) is 11.6. The number of carbonyl (C=O) groups is 1. The van der Waals surface area contributed by atoms with Crippen LogP contribution in [-0.4, -0.2) is 36.4 Å². The lowest BCUT2D eigenvalue weighted by molar-refractivity contribution is 0.0876. The molecule has 0 spiro atoms. The average molecular weight is 474 g/mol. The maximum atomic E-state index is 13.9. The van der Waals surface area contributed by atoms with Gasteiger partial charge in [-0.3, -0.25) is 9.78 Å². The van der Waals surface area contributed by atoms with Gasteiger partial charge in [-0.2, -0.15) is 0 Å². The number of fused-ring (bicyclic) bond motifs is 3. The lowest BCUT2D eigenvalue weighted by Crippen LogP contribution is -2.67. The molecular formula is C27H28FN3O2Si. The van der Waals surface area contributed by atoms with Crippen molar-refractivity contribution in [3.63, 3.8) is 0 Å². The smallest absolute Gasteiger partial charge is 0.268 e. The number of aromatic nitrogens is 2. The molecule has 5 rings (SSSR count). The fraction of sp³-hybridized carbons (Fsp3) is 0.259. The number of carbonyl (C=O) groups excluding carboxylic acids is 1. The zero-order valence-corrected chi connectivity index (χ0v) is 20.6. The van der Waals surface area contributed by atoms with Gasteiger partial charge in [-0.05, 0) is 21.5 Å². The highest BCUT2D eigenvalue weighted by Gasteiger charge is 2.50. The lowest BCUT2D eigenvalue weighted by atomic mass is 10.2. The molecule has 0 bridgehead atoms. The number of halogens is 1. The summed E-state index contributed by atoms with van der Waals surface area (Å²) in [7, 11) is -2.73. The number of nitrogens with one attached hydrogen (secondary N) is 1. The normalized spacial score (nSPS) is 16.4. The van der Waals surface area contributed by atoms with Crippen LogP contribution in [0, 0.1) is 5.82 Å². The van der Waals surface area contributed by atoms with Gasteiger partial charge in [0, 0.05) is 12.6 Å². The summed E-state index contributed by atoms with van der Waals surface area (Å²) in [6.07, 6.45) is 1.18. The minimum absolute atomic E-state index is 0.160. The summed E-state index contributed by atoms with van der Waals surface area (Å²) >= 11 is 0. The van der Waals surface area contributed by atoms with Gasteiger partial charge < -0.3 is 14.3 Å². The van der Waals surface area contributed by atoms with Crippen molar-refractivity contribution >= 4 is 35.6 Å². The first-order valence-electron chi connectivity index (χ1n) is 11.5. The van der Waals surface area contributed by atoms with Gasteiger partial charge in [0.15, 0.2) is 0 Å². The zero-order valence-electron chi connectivity index (χ0n) is 19.6. The third-order valence-electron chi connectivity index (χ3n) is 6.61. The molecular weight excluding hydrogens is 445 g/mol. The standard InChI is InChI=1S/C27H28FN3O2Si/c1-27(2,3)34(21-10-6-4-7-11-21,22-12-8-5-9-13-22)33-18-20-17-31-24-14-19(28)16-29-23(24)15-25(31)26(32)30-20/h4-16,20H,17-18H2,1-3H3,(H,30,32)/t20-/m0/s1. The molecule has 0 unspecified atom stereocenters. The van der Waals surface area contributed by atoms with E-state index in [9.17, 15) is 9.18 Å². The molecule has 34 heavy (non-hydrogen) atoms. The summed E-state index contributed by atoms with van der Waals surface area (Å²) in [6, 6.07) is 23.7. The maximum absolute atomic E-state index is 13.9. The summed E-state index contributed by atoms with van der Waals surface area (Å²) in [5.74, 6) is -0.611. The summed E-state index contributed by atoms with van der Waals surface area (Å²) < 4.78 is 22.7. The van der Waals surface area contributed by atoms with Crippen molar-refractivity contribution in [2.24, 2.45) is 0 Å². The van der Waals surface area contributed by atoms with Crippen LogP contribution in [0.4, 0.5) is 4.39 Å². The molecule has 5 nitrogen and oxygen atoms in total. The van der Waals surface area contributed by atoms with E-state index in [-0.39, 0.29) is 17.0 Å². The fourth-order valence-corrected chi connectivity index (χ4v) is 9.70. The summed E-state index contributed by atoms with van der Waals surface area (Å²) in [4.78, 5) is 17.1. The van der Waals surface area contributed by atoms with E-state index < -0.39 is 14.1 Å². The molecule has 174 valence electrons. The lowest BCUT2D eigenvalue weighted by Gasteiger charge is -2.44. The molecule has 7 heteroatoms. The summed E-state index contributed by atoms with van der Waals surface area (Å²) in [6.45, 7) is 7.52. The predicted molar refractivity (Wildman–Crippen MR) is 135 cm³/mol. The number of nitrogens with zero attached hydrogens (tertiary/aromatic N) is 2. The molecule has 1 amide bonds. The number of benzene rings is 2. The van der Waals surface area contributed by atoms with Crippen LogP contribution in [-0.2, 0) is 11.0 Å². The van der Waals surface area contributed by atoms with Crippen LogP contribution in [0.25, 0.3) is 11.0 Å². The van der Waals surface area contributed by atoms with Crippen LogP contribution in [0.1, 0.15) is 31.3 Å². The van der Waals surface area contributed by atoms with Gasteiger partial charge >= 0.3 is 0 Å². The molecule has 1 N–H and O–H groups in total.